The number of hydrogen-bond acceptors (Lipinski definition) is 1. The van der Waals surface area contributed by atoms with Crippen molar-refractivity contribution in [2.45, 2.75) is 51.2 Å². The highest BCUT2D eigenvalue weighted by atomic mass is 32.2. The molecule has 1 heterocycles. The van der Waals surface area contributed by atoms with Crippen LogP contribution < -0.4 is 0 Å². The van der Waals surface area contributed by atoms with Crippen molar-refractivity contribution < 1.29 is 0 Å². The van der Waals surface area contributed by atoms with E-state index in [0.717, 1.165) is 11.2 Å². The number of thioether (sulfide) groups is 1. The minimum absolute atomic E-state index is 1.04. The van der Waals surface area contributed by atoms with E-state index < -0.39 is 0 Å². The van der Waals surface area contributed by atoms with Gasteiger partial charge in [-0.2, -0.15) is 11.8 Å². The topological polar surface area (TPSA) is 0 Å². The molecule has 1 heteroatoms. The van der Waals surface area contributed by atoms with Gasteiger partial charge in [0.15, 0.2) is 0 Å². The van der Waals surface area contributed by atoms with Gasteiger partial charge in [-0.1, -0.05) is 39.5 Å². The van der Waals surface area contributed by atoms with E-state index in [2.05, 4.69) is 25.6 Å². The summed E-state index contributed by atoms with van der Waals surface area (Å²) in [5, 5.41) is 1.05. The molecule has 0 aromatic rings. The van der Waals surface area contributed by atoms with Crippen molar-refractivity contribution in [1.82, 2.24) is 0 Å². The van der Waals surface area contributed by atoms with Crippen LogP contribution in [0.25, 0.3) is 0 Å². The first kappa shape index (κ1) is 9.44. The zero-order chi connectivity index (χ0) is 8.10. The lowest BCUT2D eigenvalue weighted by molar-refractivity contribution is 0.429. The third-order valence-electron chi connectivity index (χ3n) is 2.54. The molecule has 0 spiro atoms. The second-order valence-corrected chi connectivity index (χ2v) is 4.94. The van der Waals surface area contributed by atoms with Crippen molar-refractivity contribution >= 4 is 11.8 Å². The van der Waals surface area contributed by atoms with E-state index in [0.29, 0.717) is 0 Å². The van der Waals surface area contributed by atoms with Crippen LogP contribution in [0.1, 0.15) is 46.0 Å². The van der Waals surface area contributed by atoms with E-state index in [9.17, 15) is 0 Å². The van der Waals surface area contributed by atoms with Gasteiger partial charge in [0.25, 0.3) is 0 Å². The molecule has 0 saturated carbocycles. The Morgan fingerprint density at radius 2 is 2.18 bits per heavy atom. The summed E-state index contributed by atoms with van der Waals surface area (Å²) in [7, 11) is 0. The normalized spacial score (nSPS) is 25.1. The second-order valence-electron chi connectivity index (χ2n) is 3.61. The maximum Gasteiger partial charge on any atom is 0.0141 e. The highest BCUT2D eigenvalue weighted by Gasteiger charge is 2.25. The molecule has 0 radical (unpaired) electrons. The molecule has 2 atom stereocenters. The minimum Gasteiger partial charge on any atom is -0.157 e. The monoisotopic (exact) mass is 172 g/mol. The fraction of sp³-hybridized carbons (Fsp3) is 1.00. The molecule has 0 nitrogen and oxygen atoms in total. The molecule has 0 aromatic heterocycles. The summed E-state index contributed by atoms with van der Waals surface area (Å²) in [6, 6.07) is 0. The van der Waals surface area contributed by atoms with E-state index in [4.69, 9.17) is 0 Å². The molecular weight excluding hydrogens is 152 g/mol. The lowest BCUT2D eigenvalue weighted by Crippen LogP contribution is -2.01. The highest BCUT2D eigenvalue weighted by Crippen LogP contribution is 2.37. The third-order valence-corrected chi connectivity index (χ3v) is 3.54. The van der Waals surface area contributed by atoms with Gasteiger partial charge < -0.3 is 0 Å². The van der Waals surface area contributed by atoms with Crippen molar-refractivity contribution in [2.24, 2.45) is 5.92 Å². The molecule has 0 N–H and O–H groups in total. The highest BCUT2D eigenvalue weighted by molar-refractivity contribution is 8.06. The zero-order valence-corrected chi connectivity index (χ0v) is 8.62. The third kappa shape index (κ3) is 4.05. The molecule has 1 rings (SSSR count). The van der Waals surface area contributed by atoms with Crippen LogP contribution in [0.4, 0.5) is 0 Å². The maximum atomic E-state index is 2.34. The smallest absolute Gasteiger partial charge is 0.0141 e. The second kappa shape index (κ2) is 5.08. The van der Waals surface area contributed by atoms with Crippen molar-refractivity contribution in [2.75, 3.05) is 5.75 Å². The Morgan fingerprint density at radius 3 is 2.64 bits per heavy atom. The Hall–Kier alpha value is 0.350. The van der Waals surface area contributed by atoms with E-state index in [1.165, 1.54) is 37.9 Å². The Bertz CT molecular complexity index is 97.0. The predicted octanol–water partition coefficient (Wildman–Crippen LogP) is 3.71. The molecule has 1 saturated heterocycles. The summed E-state index contributed by atoms with van der Waals surface area (Å²) in [6.45, 7) is 4.63. The predicted molar refractivity (Wildman–Crippen MR) is 54.2 cm³/mol. The Labute approximate surface area is 75.1 Å². The van der Waals surface area contributed by atoms with Gasteiger partial charge in [-0.25, -0.2) is 0 Å². The summed E-state index contributed by atoms with van der Waals surface area (Å²) in [4.78, 5) is 0. The average molecular weight is 172 g/mol. The summed E-state index contributed by atoms with van der Waals surface area (Å²) in [6.07, 6.45) is 7.19. The van der Waals surface area contributed by atoms with Gasteiger partial charge in [-0.3, -0.25) is 0 Å². The van der Waals surface area contributed by atoms with Crippen LogP contribution in [0.15, 0.2) is 0 Å². The molecule has 0 amide bonds. The molecule has 1 aliphatic rings. The number of unbranched alkanes of at least 4 members (excludes halogenated alkanes) is 1. The number of hydrogen-bond donors (Lipinski definition) is 0. The summed E-state index contributed by atoms with van der Waals surface area (Å²) in [5.41, 5.74) is 0. The molecule has 0 aromatic carbocycles. The van der Waals surface area contributed by atoms with Crippen LogP contribution >= 0.6 is 11.8 Å². The van der Waals surface area contributed by atoms with Gasteiger partial charge in [0.2, 0.25) is 0 Å². The van der Waals surface area contributed by atoms with Gasteiger partial charge in [0.1, 0.15) is 0 Å². The maximum absolute atomic E-state index is 2.34. The first-order valence-corrected chi connectivity index (χ1v) is 6.03. The van der Waals surface area contributed by atoms with E-state index in [-0.39, 0.29) is 0 Å². The van der Waals surface area contributed by atoms with Crippen LogP contribution in [-0.2, 0) is 0 Å². The lowest BCUT2D eigenvalue weighted by Gasteiger charge is -2.12. The van der Waals surface area contributed by atoms with Crippen LogP contribution in [0.2, 0.25) is 0 Å². The average Bonchev–Trinajstić information content (AvgIpc) is 2.81. The van der Waals surface area contributed by atoms with Gasteiger partial charge in [-0.05, 0) is 12.3 Å². The van der Waals surface area contributed by atoms with Gasteiger partial charge >= 0.3 is 0 Å². The van der Waals surface area contributed by atoms with Crippen molar-refractivity contribution in [3.63, 3.8) is 0 Å². The Morgan fingerprint density at radius 1 is 1.45 bits per heavy atom. The van der Waals surface area contributed by atoms with E-state index >= 15 is 0 Å². The van der Waals surface area contributed by atoms with Gasteiger partial charge in [0, 0.05) is 11.0 Å². The molecule has 66 valence electrons. The Kier molecular flexibility index (Phi) is 4.36. The standard InChI is InChI=1S/C10H20S/c1-3-5-6-9(4-2)7-10-8-11-10/h9-10H,3-8H2,1-2H3. The molecule has 1 fully saturated rings. The molecule has 1 aliphatic heterocycles. The summed E-state index contributed by atoms with van der Waals surface area (Å²) in [5.74, 6) is 2.48. The molecule has 0 aliphatic carbocycles. The van der Waals surface area contributed by atoms with E-state index in [1.54, 1.807) is 0 Å². The quantitative estimate of drug-likeness (QED) is 0.550. The van der Waals surface area contributed by atoms with Crippen molar-refractivity contribution in [3.05, 3.63) is 0 Å². The molecular formula is C10H20S. The van der Waals surface area contributed by atoms with Crippen LogP contribution in [0.3, 0.4) is 0 Å². The first-order chi connectivity index (χ1) is 5.36. The fourth-order valence-electron chi connectivity index (χ4n) is 1.56. The van der Waals surface area contributed by atoms with Gasteiger partial charge in [0.05, 0.1) is 0 Å². The van der Waals surface area contributed by atoms with Crippen LogP contribution in [0, 0.1) is 5.92 Å². The first-order valence-electron chi connectivity index (χ1n) is 4.98. The fourth-order valence-corrected chi connectivity index (χ4v) is 2.24. The minimum atomic E-state index is 1.04. The molecule has 2 unspecified atom stereocenters. The molecule has 11 heavy (non-hydrogen) atoms. The SMILES string of the molecule is CCCCC(CC)CC1CS1. The Balaban J connectivity index is 2.02. The zero-order valence-electron chi connectivity index (χ0n) is 7.81. The van der Waals surface area contributed by atoms with Gasteiger partial charge in [-0.15, -0.1) is 0 Å². The van der Waals surface area contributed by atoms with Crippen molar-refractivity contribution in [3.8, 4) is 0 Å². The van der Waals surface area contributed by atoms with Crippen LogP contribution in [-0.4, -0.2) is 11.0 Å². The van der Waals surface area contributed by atoms with Crippen LogP contribution in [0.5, 0.6) is 0 Å². The summed E-state index contributed by atoms with van der Waals surface area (Å²) >= 11 is 2.15. The van der Waals surface area contributed by atoms with Crippen molar-refractivity contribution in [1.29, 1.82) is 0 Å². The molecule has 0 bridgehead atoms. The lowest BCUT2D eigenvalue weighted by atomic mass is 9.95. The largest absolute Gasteiger partial charge is 0.157 e. The van der Waals surface area contributed by atoms with E-state index in [1.807, 2.05) is 0 Å². The summed E-state index contributed by atoms with van der Waals surface area (Å²) < 4.78 is 0. The number of rotatable bonds is 6.